The summed E-state index contributed by atoms with van der Waals surface area (Å²) < 4.78 is 5.37. The molecule has 2 N–H and O–H groups in total. The molecule has 0 radical (unpaired) electrons. The Morgan fingerprint density at radius 2 is 2.20 bits per heavy atom. The Kier molecular flexibility index (Phi) is 2.80. The maximum Gasteiger partial charge on any atom is 0.262 e. The molecule has 106 valence electrons. The van der Waals surface area contributed by atoms with Crippen LogP contribution in [0, 0.1) is 0 Å². The summed E-state index contributed by atoms with van der Waals surface area (Å²) in [5, 5.41) is 6.42. The molecule has 1 saturated carbocycles. The van der Waals surface area contributed by atoms with E-state index >= 15 is 0 Å². The minimum atomic E-state index is -0.0876. The number of carbonyl (C=O) groups excluding carboxylic acids is 1. The second kappa shape index (κ2) is 4.66. The molecule has 3 aliphatic rings. The second-order valence-electron chi connectivity index (χ2n) is 5.90. The monoisotopic (exact) mass is 273 g/mol. The smallest absolute Gasteiger partial charge is 0.262 e. The summed E-state index contributed by atoms with van der Waals surface area (Å²) >= 11 is 0. The average Bonchev–Trinajstić information content (AvgIpc) is 3.19. The minimum absolute atomic E-state index is 0.0876. The van der Waals surface area contributed by atoms with Crippen molar-refractivity contribution in [2.75, 3.05) is 30.3 Å². The fraction of sp³-hybridized carbons (Fsp3) is 0.533. The number of anilines is 2. The number of carbonyl (C=O) groups is 1. The molecule has 1 unspecified atom stereocenters. The number of nitrogens with one attached hydrogen (secondary N) is 2. The van der Waals surface area contributed by atoms with Gasteiger partial charge in [-0.2, -0.15) is 0 Å². The highest BCUT2D eigenvalue weighted by atomic mass is 16.5. The van der Waals surface area contributed by atoms with E-state index in [0.29, 0.717) is 6.04 Å². The Labute approximate surface area is 118 Å². The van der Waals surface area contributed by atoms with Crippen molar-refractivity contribution < 1.29 is 9.53 Å². The van der Waals surface area contributed by atoms with Crippen molar-refractivity contribution >= 4 is 17.3 Å². The third-order valence-electron chi connectivity index (χ3n) is 4.27. The molecule has 2 fully saturated rings. The Balaban J connectivity index is 1.44. The zero-order valence-electron chi connectivity index (χ0n) is 11.4. The summed E-state index contributed by atoms with van der Waals surface area (Å²) in [6.45, 7) is 2.44. The van der Waals surface area contributed by atoms with Crippen LogP contribution in [-0.2, 0) is 4.79 Å². The highest BCUT2D eigenvalue weighted by molar-refractivity contribution is 5.96. The van der Waals surface area contributed by atoms with Crippen molar-refractivity contribution in [2.24, 2.45) is 0 Å². The summed E-state index contributed by atoms with van der Waals surface area (Å²) in [5.74, 6) is 0.664. The molecule has 1 aromatic carbocycles. The van der Waals surface area contributed by atoms with Crippen LogP contribution >= 0.6 is 0 Å². The molecular weight excluding hydrogens is 254 g/mol. The third kappa shape index (κ3) is 2.33. The number of nitrogens with zero attached hydrogens (tertiary/aromatic N) is 1. The van der Waals surface area contributed by atoms with Crippen molar-refractivity contribution in [3.8, 4) is 5.75 Å². The van der Waals surface area contributed by atoms with Gasteiger partial charge in [0.1, 0.15) is 5.75 Å². The van der Waals surface area contributed by atoms with Gasteiger partial charge in [0.05, 0.1) is 5.69 Å². The summed E-state index contributed by atoms with van der Waals surface area (Å²) in [6, 6.07) is 7.26. The molecule has 5 nitrogen and oxygen atoms in total. The molecule has 1 aromatic rings. The first kappa shape index (κ1) is 12.0. The van der Waals surface area contributed by atoms with Crippen molar-refractivity contribution in [3.05, 3.63) is 18.2 Å². The lowest BCUT2D eigenvalue weighted by Gasteiger charge is -2.21. The van der Waals surface area contributed by atoms with Crippen molar-refractivity contribution in [1.29, 1.82) is 0 Å². The zero-order valence-corrected chi connectivity index (χ0v) is 11.4. The number of likely N-dealkylation sites (tertiary alicyclic amines) is 1. The summed E-state index contributed by atoms with van der Waals surface area (Å²) in [4.78, 5) is 13.9. The molecule has 0 spiro atoms. The van der Waals surface area contributed by atoms with Crippen LogP contribution in [0.5, 0.6) is 5.75 Å². The Morgan fingerprint density at radius 1 is 1.30 bits per heavy atom. The molecule has 1 saturated heterocycles. The predicted molar refractivity (Wildman–Crippen MR) is 77.2 cm³/mol. The maximum absolute atomic E-state index is 11.3. The lowest BCUT2D eigenvalue weighted by molar-refractivity contribution is -0.118. The number of fused-ring (bicyclic) bond motifs is 1. The zero-order chi connectivity index (χ0) is 13.5. The lowest BCUT2D eigenvalue weighted by Crippen LogP contribution is -2.28. The van der Waals surface area contributed by atoms with Gasteiger partial charge >= 0.3 is 0 Å². The third-order valence-corrected chi connectivity index (χ3v) is 4.27. The van der Waals surface area contributed by atoms with E-state index in [0.717, 1.165) is 29.7 Å². The van der Waals surface area contributed by atoms with Crippen molar-refractivity contribution in [2.45, 2.75) is 31.3 Å². The number of hydrogen-bond acceptors (Lipinski definition) is 4. The van der Waals surface area contributed by atoms with E-state index in [4.69, 9.17) is 4.74 Å². The van der Waals surface area contributed by atoms with Crippen LogP contribution in [0.15, 0.2) is 18.2 Å². The number of hydrogen-bond donors (Lipinski definition) is 2. The first-order valence-electron chi connectivity index (χ1n) is 7.35. The SMILES string of the molecule is O=C1COc2ccc(NC3CCN(C4CC4)C3)cc2N1. The maximum atomic E-state index is 11.3. The molecule has 2 heterocycles. The molecule has 0 bridgehead atoms. The molecule has 4 rings (SSSR count). The van der Waals surface area contributed by atoms with Crippen LogP contribution in [0.25, 0.3) is 0 Å². The van der Waals surface area contributed by atoms with Gasteiger partial charge < -0.3 is 15.4 Å². The van der Waals surface area contributed by atoms with E-state index in [1.54, 1.807) is 0 Å². The van der Waals surface area contributed by atoms with E-state index in [1.165, 1.54) is 25.8 Å². The normalized spacial score (nSPS) is 25.8. The van der Waals surface area contributed by atoms with E-state index in [9.17, 15) is 4.79 Å². The summed E-state index contributed by atoms with van der Waals surface area (Å²) in [5.41, 5.74) is 1.82. The van der Waals surface area contributed by atoms with Crippen LogP contribution < -0.4 is 15.4 Å². The molecule has 1 aliphatic carbocycles. The van der Waals surface area contributed by atoms with Crippen LogP contribution in [0.3, 0.4) is 0 Å². The first-order chi connectivity index (χ1) is 9.78. The molecule has 2 aliphatic heterocycles. The Hall–Kier alpha value is -1.75. The van der Waals surface area contributed by atoms with Crippen LogP contribution in [0.1, 0.15) is 19.3 Å². The van der Waals surface area contributed by atoms with Crippen LogP contribution in [-0.4, -0.2) is 42.6 Å². The Bertz CT molecular complexity index is 542. The quantitative estimate of drug-likeness (QED) is 0.879. The van der Waals surface area contributed by atoms with Gasteiger partial charge in [0.2, 0.25) is 0 Å². The van der Waals surface area contributed by atoms with Gasteiger partial charge in [-0.25, -0.2) is 0 Å². The molecule has 0 aromatic heterocycles. The molecule has 20 heavy (non-hydrogen) atoms. The van der Waals surface area contributed by atoms with Gasteiger partial charge in [0.25, 0.3) is 5.91 Å². The van der Waals surface area contributed by atoms with Gasteiger partial charge in [-0.3, -0.25) is 9.69 Å². The van der Waals surface area contributed by atoms with Gasteiger partial charge in [0.15, 0.2) is 6.61 Å². The average molecular weight is 273 g/mol. The number of amides is 1. The predicted octanol–water partition coefficient (Wildman–Crippen LogP) is 1.67. The van der Waals surface area contributed by atoms with Crippen molar-refractivity contribution in [1.82, 2.24) is 4.90 Å². The van der Waals surface area contributed by atoms with Gasteiger partial charge in [-0.15, -0.1) is 0 Å². The Morgan fingerprint density at radius 3 is 3.05 bits per heavy atom. The standard InChI is InChI=1S/C15H19N3O2/c19-15-9-20-14-4-1-10(7-13(14)17-15)16-11-5-6-18(8-11)12-2-3-12/h1,4,7,11-12,16H,2-3,5-6,8-9H2,(H,17,19). The second-order valence-corrected chi connectivity index (χ2v) is 5.90. The van der Waals surface area contributed by atoms with Crippen molar-refractivity contribution in [3.63, 3.8) is 0 Å². The van der Waals surface area contributed by atoms with Gasteiger partial charge in [0, 0.05) is 30.9 Å². The minimum Gasteiger partial charge on any atom is -0.482 e. The fourth-order valence-corrected chi connectivity index (χ4v) is 3.09. The highest BCUT2D eigenvalue weighted by Crippen LogP contribution is 2.33. The van der Waals surface area contributed by atoms with E-state index in [-0.39, 0.29) is 12.5 Å². The van der Waals surface area contributed by atoms with Crippen LogP contribution in [0.2, 0.25) is 0 Å². The van der Waals surface area contributed by atoms with Gasteiger partial charge in [-0.05, 0) is 37.5 Å². The van der Waals surface area contributed by atoms with Crippen LogP contribution in [0.4, 0.5) is 11.4 Å². The molecule has 5 heteroatoms. The highest BCUT2D eigenvalue weighted by Gasteiger charge is 2.34. The van der Waals surface area contributed by atoms with E-state index in [2.05, 4.69) is 15.5 Å². The summed E-state index contributed by atoms with van der Waals surface area (Å²) in [6.07, 6.45) is 3.93. The lowest BCUT2D eigenvalue weighted by atomic mass is 10.2. The fourth-order valence-electron chi connectivity index (χ4n) is 3.09. The molecule has 1 atom stereocenters. The number of ether oxygens (including phenoxy) is 1. The van der Waals surface area contributed by atoms with E-state index < -0.39 is 0 Å². The first-order valence-corrected chi connectivity index (χ1v) is 7.35. The number of benzene rings is 1. The topological polar surface area (TPSA) is 53.6 Å². The number of rotatable bonds is 3. The van der Waals surface area contributed by atoms with E-state index in [1.807, 2.05) is 18.2 Å². The molecule has 1 amide bonds. The largest absolute Gasteiger partial charge is 0.482 e. The van der Waals surface area contributed by atoms with Gasteiger partial charge in [-0.1, -0.05) is 0 Å². The molecular formula is C15H19N3O2. The summed E-state index contributed by atoms with van der Waals surface area (Å²) in [7, 11) is 0.